The Bertz CT molecular complexity index is 2600. The highest BCUT2D eigenvalue weighted by atomic mass is 16.8. The standard InChI is InChI=1S/C55H92N4O41/c1-15(69)57-27-19(72)4-55(54(85)86,99-46(27)30(74)20(73)6-61)100-47-40(84)53(93-26(12-67)43(47)96-49-29(59-17(3)71)44(32(76)23(9-64)89-49)97-51-37(81)34(78)31(75)21(7-62)90-51)98-45-28(58-16(2)70)48(88-22(8-63)33(45)77)94-41-25(11-66)92-52(39(83)36(41)80)95-42-24(10-65)91-50(38(82)35(42)79)87-13-18(5-60)56-14-68/h14,18-53,60-67,72-84H,4-13H2,1-3H3,(H,56,68)(H,57,69)(H,58,70)(H,59,71)(H,85,86)/t18-,19+,20-,21-,22-,23-,24-,25-,26-,27-,28-,29-,30-,31+,32+,33+,34+,35-,36-,37-,38-,39-,40-,41+,42-,43+,44-,45-,46-,47-,48+,49+,50-,51+,52+,53+,55+/m1/s1. The number of hydrogen-bond donors (Lipinski definition) is 26. The lowest BCUT2D eigenvalue weighted by atomic mass is 9.88. The number of carbonyl (C=O) groups excluding carboxylic acids is 4. The molecule has 7 rings (SSSR count). The molecule has 0 aromatic carbocycles. The minimum absolute atomic E-state index is 0.249. The molecule has 0 aliphatic carbocycles. The third-order valence-electron chi connectivity index (χ3n) is 17.7. The number of nitrogens with one attached hydrogen (secondary N) is 4. The van der Waals surface area contributed by atoms with Crippen molar-refractivity contribution in [3.8, 4) is 0 Å². The third-order valence-corrected chi connectivity index (χ3v) is 17.7. The van der Waals surface area contributed by atoms with Crippen molar-refractivity contribution in [1.29, 1.82) is 0 Å². The minimum Gasteiger partial charge on any atom is -0.477 e. The summed E-state index contributed by atoms with van der Waals surface area (Å²) in [5.41, 5.74) is 0. The minimum atomic E-state index is -3.50. The van der Waals surface area contributed by atoms with Gasteiger partial charge in [0.05, 0.1) is 77.6 Å². The topological polar surface area (TPSA) is 708 Å². The number of carboxylic acids is 1. The first-order valence-electron chi connectivity index (χ1n) is 31.5. The van der Waals surface area contributed by atoms with Crippen molar-refractivity contribution in [2.24, 2.45) is 0 Å². The number of rotatable bonds is 31. The van der Waals surface area contributed by atoms with E-state index < -0.39 is 316 Å². The molecular formula is C55H92N4O41. The van der Waals surface area contributed by atoms with Gasteiger partial charge in [-0.3, -0.25) is 19.2 Å². The molecule has 100 heavy (non-hydrogen) atoms. The van der Waals surface area contributed by atoms with Crippen molar-refractivity contribution in [3.63, 3.8) is 0 Å². The van der Waals surface area contributed by atoms with E-state index in [-0.39, 0.29) is 6.41 Å². The molecule has 4 amide bonds. The van der Waals surface area contributed by atoms with Crippen LogP contribution in [0, 0.1) is 0 Å². The molecule has 0 spiro atoms. The number of aliphatic hydroxyl groups excluding tert-OH is 21. The van der Waals surface area contributed by atoms with E-state index in [2.05, 4.69) is 21.3 Å². The van der Waals surface area contributed by atoms with E-state index in [1.54, 1.807) is 0 Å². The fraction of sp³-hybridized carbons (Fsp3) is 0.909. The highest BCUT2D eigenvalue weighted by molar-refractivity contribution is 5.77. The maximum atomic E-state index is 13.9. The van der Waals surface area contributed by atoms with Crippen molar-refractivity contribution >= 4 is 30.1 Å². The van der Waals surface area contributed by atoms with E-state index in [0.29, 0.717) is 0 Å². The summed E-state index contributed by atoms with van der Waals surface area (Å²) in [6.07, 6.45) is -69.5. The summed E-state index contributed by atoms with van der Waals surface area (Å²) in [6.45, 7) is -6.50. The number of ether oxygens (including phenoxy) is 14. The molecule has 578 valence electrons. The Morgan fingerprint density at radius 2 is 0.830 bits per heavy atom. The van der Waals surface area contributed by atoms with Crippen LogP contribution in [0.15, 0.2) is 0 Å². The molecule has 0 saturated carbocycles. The predicted molar refractivity (Wildman–Crippen MR) is 308 cm³/mol. The van der Waals surface area contributed by atoms with Gasteiger partial charge in [0.2, 0.25) is 24.1 Å². The van der Waals surface area contributed by atoms with Gasteiger partial charge in [-0.1, -0.05) is 0 Å². The van der Waals surface area contributed by atoms with Crippen LogP contribution in [-0.2, 0) is 90.3 Å². The Morgan fingerprint density at radius 3 is 1.27 bits per heavy atom. The largest absolute Gasteiger partial charge is 0.477 e. The Hall–Kier alpha value is -4.05. The van der Waals surface area contributed by atoms with E-state index >= 15 is 0 Å². The molecule has 0 aromatic rings. The summed E-state index contributed by atoms with van der Waals surface area (Å²) >= 11 is 0. The highest BCUT2D eigenvalue weighted by Crippen LogP contribution is 2.42. The Kier molecular flexibility index (Phi) is 30.6. The summed E-state index contributed by atoms with van der Waals surface area (Å²) in [6, 6.07) is -6.89. The number of carbonyl (C=O) groups is 5. The molecule has 7 saturated heterocycles. The van der Waals surface area contributed by atoms with Crippen molar-refractivity contribution in [2.75, 3.05) is 59.5 Å². The number of carboxylic acid groups (broad SMARTS) is 1. The molecule has 0 unspecified atom stereocenters. The van der Waals surface area contributed by atoms with Crippen LogP contribution in [0.5, 0.6) is 0 Å². The van der Waals surface area contributed by atoms with Gasteiger partial charge in [-0.05, 0) is 0 Å². The molecule has 45 heteroatoms. The average molecular weight is 1470 g/mol. The molecule has 0 bridgehead atoms. The number of aliphatic hydroxyl groups is 21. The van der Waals surface area contributed by atoms with Crippen LogP contribution in [0.4, 0.5) is 0 Å². The summed E-state index contributed by atoms with van der Waals surface area (Å²) in [5.74, 6) is -8.69. The smallest absolute Gasteiger partial charge is 0.364 e. The van der Waals surface area contributed by atoms with Crippen LogP contribution >= 0.6 is 0 Å². The van der Waals surface area contributed by atoms with Crippen LogP contribution in [0.2, 0.25) is 0 Å². The quantitative estimate of drug-likeness (QED) is 0.0287. The van der Waals surface area contributed by atoms with Crippen molar-refractivity contribution in [3.05, 3.63) is 0 Å². The van der Waals surface area contributed by atoms with Gasteiger partial charge in [0, 0.05) is 27.2 Å². The van der Waals surface area contributed by atoms with Crippen molar-refractivity contribution in [1.82, 2.24) is 21.3 Å². The number of amides is 4. The molecule has 26 N–H and O–H groups in total. The lowest BCUT2D eigenvalue weighted by molar-refractivity contribution is -0.403. The van der Waals surface area contributed by atoms with Gasteiger partial charge in [0.25, 0.3) is 5.79 Å². The van der Waals surface area contributed by atoms with Gasteiger partial charge in [-0.2, -0.15) is 0 Å². The first-order chi connectivity index (χ1) is 47.3. The van der Waals surface area contributed by atoms with Gasteiger partial charge in [-0.25, -0.2) is 4.79 Å². The van der Waals surface area contributed by atoms with E-state index in [0.717, 1.165) is 20.8 Å². The second-order valence-corrected chi connectivity index (χ2v) is 24.7. The first kappa shape index (κ1) is 83.2. The van der Waals surface area contributed by atoms with E-state index in [1.807, 2.05) is 0 Å². The van der Waals surface area contributed by atoms with Gasteiger partial charge in [0.1, 0.15) is 165 Å². The zero-order valence-electron chi connectivity index (χ0n) is 53.5. The highest BCUT2D eigenvalue weighted by Gasteiger charge is 2.63. The number of hydrogen-bond acceptors (Lipinski definition) is 40. The lowest BCUT2D eigenvalue weighted by Gasteiger charge is -2.53. The lowest BCUT2D eigenvalue weighted by Crippen LogP contribution is -2.73. The molecule has 45 nitrogen and oxygen atoms in total. The van der Waals surface area contributed by atoms with Gasteiger partial charge in [-0.15, -0.1) is 0 Å². The van der Waals surface area contributed by atoms with Crippen molar-refractivity contribution in [2.45, 2.75) is 254 Å². The zero-order valence-corrected chi connectivity index (χ0v) is 53.5. The van der Waals surface area contributed by atoms with Gasteiger partial charge < -0.3 is 200 Å². The second-order valence-electron chi connectivity index (χ2n) is 24.7. The molecule has 37 atom stereocenters. The SMILES string of the molecule is CC(=O)N[C@H]1[C@H](O[C@@H]2[C@H](O[C@]3(C(=O)O)C[C@H](O)[C@@H](NC(C)=O)[C@H]([C@H](O)[C@H](O)CO)O3)[C@@H](O)[C@H](O[C@H]3[C@@H](O)[C@@H](CO)O[C@@H](O[C@@H]4[C@H](O)[C@@H](O)[C@H](O[C@H]5[C@H](O)[C@@H](O)[C@H](OC[C@@H](CO)NC=O)O[C@@H]5CO)O[C@@H]4CO)[C@@H]3NC(C)=O)O[C@@H]2CO)O[C@H](CO)[C@H](O)[C@@H]1O[C@@H]1O[C@H](CO)[C@H](O)[C@H](O)[C@H]1O. The van der Waals surface area contributed by atoms with Crippen LogP contribution in [0.1, 0.15) is 27.2 Å². The van der Waals surface area contributed by atoms with Crippen LogP contribution in [-0.4, -0.2) is 428 Å². The number of aliphatic carboxylic acids is 1. The zero-order chi connectivity index (χ0) is 74.1. The summed E-state index contributed by atoms with van der Waals surface area (Å²) in [5, 5.41) is 251. The first-order valence-corrected chi connectivity index (χ1v) is 31.5. The monoisotopic (exact) mass is 1460 g/mol. The predicted octanol–water partition coefficient (Wildman–Crippen LogP) is -17.5. The summed E-state index contributed by atoms with van der Waals surface area (Å²) < 4.78 is 82.3. The molecule has 0 aromatic heterocycles. The fourth-order valence-corrected chi connectivity index (χ4v) is 12.5. The molecule has 7 aliphatic heterocycles. The third kappa shape index (κ3) is 18.6. The van der Waals surface area contributed by atoms with E-state index in [4.69, 9.17) is 66.3 Å². The van der Waals surface area contributed by atoms with E-state index in [9.17, 15) is 136 Å². The molecule has 7 fully saturated rings. The summed E-state index contributed by atoms with van der Waals surface area (Å²) in [4.78, 5) is 63.5. The molecular weight excluding hydrogens is 1370 g/mol. The van der Waals surface area contributed by atoms with Crippen LogP contribution in [0.25, 0.3) is 0 Å². The van der Waals surface area contributed by atoms with Crippen LogP contribution in [0.3, 0.4) is 0 Å². The molecule has 7 aliphatic rings. The molecule has 7 heterocycles. The van der Waals surface area contributed by atoms with Crippen LogP contribution < -0.4 is 21.3 Å². The maximum absolute atomic E-state index is 13.9. The Morgan fingerprint density at radius 1 is 0.450 bits per heavy atom. The average Bonchev–Trinajstić information content (AvgIpc) is 0.752. The Balaban J connectivity index is 1.25. The van der Waals surface area contributed by atoms with Gasteiger partial charge >= 0.3 is 5.97 Å². The van der Waals surface area contributed by atoms with Gasteiger partial charge in [0.15, 0.2) is 37.7 Å². The van der Waals surface area contributed by atoms with Crippen molar-refractivity contribution < 1.29 is 203 Å². The Labute approximate surface area is 565 Å². The summed E-state index contributed by atoms with van der Waals surface area (Å²) in [7, 11) is 0. The molecule has 0 radical (unpaired) electrons. The maximum Gasteiger partial charge on any atom is 0.364 e. The fourth-order valence-electron chi connectivity index (χ4n) is 12.5. The normalized spacial score (nSPS) is 45.0. The second kappa shape index (κ2) is 36.8. The van der Waals surface area contributed by atoms with E-state index in [1.165, 1.54) is 0 Å².